The predicted molar refractivity (Wildman–Crippen MR) is 63.3 cm³/mol. The molecule has 0 spiro atoms. The summed E-state index contributed by atoms with van der Waals surface area (Å²) in [5, 5.41) is 11.4. The Kier molecular flexibility index (Phi) is 4.46. The van der Waals surface area contributed by atoms with Crippen LogP contribution in [0.2, 0.25) is 0 Å². The summed E-state index contributed by atoms with van der Waals surface area (Å²) in [5.41, 5.74) is -0.390. The van der Waals surface area contributed by atoms with E-state index in [1.165, 1.54) is 16.8 Å². The quantitative estimate of drug-likeness (QED) is 0.822. The van der Waals surface area contributed by atoms with E-state index < -0.39 is 5.56 Å². The van der Waals surface area contributed by atoms with Gasteiger partial charge in [-0.05, 0) is 18.1 Å². The van der Waals surface area contributed by atoms with Crippen LogP contribution in [0.4, 0.5) is 0 Å². The van der Waals surface area contributed by atoms with Gasteiger partial charge in [0.2, 0.25) is 5.91 Å². The Hall–Kier alpha value is -2.09. The van der Waals surface area contributed by atoms with E-state index in [4.69, 9.17) is 5.26 Å². The minimum absolute atomic E-state index is 0.0455. The number of aromatic nitrogens is 1. The van der Waals surface area contributed by atoms with E-state index in [9.17, 15) is 9.59 Å². The molecule has 0 fully saturated rings. The molecule has 1 aromatic heterocycles. The Labute approximate surface area is 99.7 Å². The van der Waals surface area contributed by atoms with Crippen LogP contribution in [0.5, 0.6) is 0 Å². The highest BCUT2D eigenvalue weighted by Crippen LogP contribution is 1.91. The van der Waals surface area contributed by atoms with Gasteiger partial charge in [-0.2, -0.15) is 5.26 Å². The lowest BCUT2D eigenvalue weighted by molar-refractivity contribution is -0.121. The summed E-state index contributed by atoms with van der Waals surface area (Å²) < 4.78 is 1.23. The molecule has 1 rings (SSSR count). The minimum atomic E-state index is -0.435. The summed E-state index contributed by atoms with van der Waals surface area (Å²) in [6, 6.07) is 4.81. The van der Waals surface area contributed by atoms with Gasteiger partial charge in [0, 0.05) is 12.7 Å². The first-order valence-corrected chi connectivity index (χ1v) is 5.41. The number of amides is 1. The molecule has 0 aliphatic rings. The summed E-state index contributed by atoms with van der Waals surface area (Å²) in [4.78, 5) is 23.1. The Morgan fingerprint density at radius 1 is 1.59 bits per heavy atom. The second kappa shape index (κ2) is 5.85. The van der Waals surface area contributed by atoms with Crippen LogP contribution >= 0.6 is 0 Å². The molecule has 0 bridgehead atoms. The Morgan fingerprint density at radius 3 is 2.88 bits per heavy atom. The lowest BCUT2D eigenvalue weighted by Crippen LogP contribution is -2.34. The highest BCUT2D eigenvalue weighted by molar-refractivity contribution is 5.75. The van der Waals surface area contributed by atoms with E-state index >= 15 is 0 Å². The van der Waals surface area contributed by atoms with Crippen molar-refractivity contribution in [2.75, 3.05) is 6.54 Å². The SMILES string of the molecule is CC(C)CNC(=O)Cn1cccc(C#N)c1=O. The highest BCUT2D eigenvalue weighted by atomic mass is 16.2. The van der Waals surface area contributed by atoms with E-state index in [-0.39, 0.29) is 18.0 Å². The first-order chi connectivity index (χ1) is 8.04. The molecule has 1 N–H and O–H groups in total. The number of nitriles is 1. The van der Waals surface area contributed by atoms with E-state index in [1.807, 2.05) is 13.8 Å². The first-order valence-electron chi connectivity index (χ1n) is 5.41. The number of nitrogens with zero attached hydrogens (tertiary/aromatic N) is 2. The molecule has 5 nitrogen and oxygen atoms in total. The maximum Gasteiger partial charge on any atom is 0.268 e. The molecule has 0 saturated carbocycles. The zero-order chi connectivity index (χ0) is 12.8. The van der Waals surface area contributed by atoms with Gasteiger partial charge in [0.1, 0.15) is 18.2 Å². The number of carbonyl (C=O) groups is 1. The van der Waals surface area contributed by atoms with Crippen LogP contribution in [0.1, 0.15) is 19.4 Å². The fraction of sp³-hybridized carbons (Fsp3) is 0.417. The molecule has 0 aliphatic heterocycles. The average molecular weight is 233 g/mol. The number of hydrogen-bond acceptors (Lipinski definition) is 3. The van der Waals surface area contributed by atoms with Gasteiger partial charge < -0.3 is 9.88 Å². The van der Waals surface area contributed by atoms with E-state index in [0.717, 1.165) is 0 Å². The second-order valence-electron chi connectivity index (χ2n) is 4.16. The fourth-order valence-electron chi connectivity index (χ4n) is 1.28. The van der Waals surface area contributed by atoms with Gasteiger partial charge >= 0.3 is 0 Å². The predicted octanol–water partition coefficient (Wildman–Crippen LogP) is 0.492. The largest absolute Gasteiger partial charge is 0.354 e. The third-order valence-electron chi connectivity index (χ3n) is 2.16. The molecule has 1 aromatic rings. The maximum absolute atomic E-state index is 11.6. The van der Waals surface area contributed by atoms with Gasteiger partial charge in [-0.25, -0.2) is 0 Å². The molecular weight excluding hydrogens is 218 g/mol. The van der Waals surface area contributed by atoms with Crippen LogP contribution in [-0.2, 0) is 11.3 Å². The first kappa shape index (κ1) is 13.0. The van der Waals surface area contributed by atoms with Crippen molar-refractivity contribution in [1.29, 1.82) is 5.26 Å². The van der Waals surface area contributed by atoms with Gasteiger partial charge in [-0.1, -0.05) is 13.8 Å². The summed E-state index contributed by atoms with van der Waals surface area (Å²) in [6.07, 6.45) is 1.50. The zero-order valence-electron chi connectivity index (χ0n) is 9.93. The van der Waals surface area contributed by atoms with Gasteiger partial charge in [0.25, 0.3) is 5.56 Å². The summed E-state index contributed by atoms with van der Waals surface area (Å²) in [5.74, 6) is 0.136. The van der Waals surface area contributed by atoms with Gasteiger partial charge in [0.05, 0.1) is 0 Å². The van der Waals surface area contributed by atoms with E-state index in [0.29, 0.717) is 12.5 Å². The molecule has 17 heavy (non-hydrogen) atoms. The number of rotatable bonds is 4. The van der Waals surface area contributed by atoms with Crippen LogP contribution in [-0.4, -0.2) is 17.0 Å². The van der Waals surface area contributed by atoms with Crippen molar-refractivity contribution in [3.05, 3.63) is 34.2 Å². The van der Waals surface area contributed by atoms with Crippen molar-refractivity contribution >= 4 is 5.91 Å². The normalized spacial score (nSPS) is 10.0. The van der Waals surface area contributed by atoms with E-state index in [2.05, 4.69) is 5.32 Å². The minimum Gasteiger partial charge on any atom is -0.354 e. The molecule has 1 amide bonds. The van der Waals surface area contributed by atoms with Crippen molar-refractivity contribution in [2.45, 2.75) is 20.4 Å². The van der Waals surface area contributed by atoms with Gasteiger partial charge in [0.15, 0.2) is 0 Å². The lowest BCUT2D eigenvalue weighted by Gasteiger charge is -2.09. The Bertz CT molecular complexity index is 497. The topological polar surface area (TPSA) is 74.9 Å². The summed E-state index contributed by atoms with van der Waals surface area (Å²) in [7, 11) is 0. The molecule has 90 valence electrons. The van der Waals surface area contributed by atoms with Crippen LogP contribution in [0, 0.1) is 17.2 Å². The van der Waals surface area contributed by atoms with Crippen molar-refractivity contribution in [2.24, 2.45) is 5.92 Å². The smallest absolute Gasteiger partial charge is 0.268 e. The summed E-state index contributed by atoms with van der Waals surface area (Å²) >= 11 is 0. The monoisotopic (exact) mass is 233 g/mol. The number of hydrogen-bond donors (Lipinski definition) is 1. The van der Waals surface area contributed by atoms with Crippen molar-refractivity contribution < 1.29 is 4.79 Å². The third-order valence-corrected chi connectivity index (χ3v) is 2.16. The average Bonchev–Trinajstić information content (AvgIpc) is 2.29. The van der Waals surface area contributed by atoms with Crippen LogP contribution in [0.3, 0.4) is 0 Å². The molecule has 0 aromatic carbocycles. The third kappa shape index (κ3) is 3.76. The number of nitrogens with one attached hydrogen (secondary N) is 1. The highest BCUT2D eigenvalue weighted by Gasteiger charge is 2.07. The molecule has 0 radical (unpaired) electrons. The Morgan fingerprint density at radius 2 is 2.29 bits per heavy atom. The van der Waals surface area contributed by atoms with Crippen LogP contribution in [0.15, 0.2) is 23.1 Å². The molecule has 0 aliphatic carbocycles. The standard InChI is InChI=1S/C12H15N3O2/c1-9(2)7-14-11(16)8-15-5-3-4-10(6-13)12(15)17/h3-5,9H,7-8H2,1-2H3,(H,14,16). The van der Waals surface area contributed by atoms with Gasteiger partial charge in [-0.15, -0.1) is 0 Å². The molecule has 0 atom stereocenters. The number of pyridine rings is 1. The zero-order valence-corrected chi connectivity index (χ0v) is 9.93. The second-order valence-corrected chi connectivity index (χ2v) is 4.16. The van der Waals surface area contributed by atoms with Gasteiger partial charge in [-0.3, -0.25) is 9.59 Å². The number of carbonyl (C=O) groups excluding carboxylic acids is 1. The molecule has 0 saturated heterocycles. The molecular formula is C12H15N3O2. The van der Waals surface area contributed by atoms with Crippen LogP contribution in [0.25, 0.3) is 0 Å². The maximum atomic E-state index is 11.6. The fourth-order valence-corrected chi connectivity index (χ4v) is 1.28. The Balaban J connectivity index is 2.73. The van der Waals surface area contributed by atoms with Crippen molar-refractivity contribution in [3.8, 4) is 6.07 Å². The van der Waals surface area contributed by atoms with Crippen molar-refractivity contribution in [1.82, 2.24) is 9.88 Å². The molecule has 5 heteroatoms. The van der Waals surface area contributed by atoms with Crippen LogP contribution < -0.4 is 10.9 Å². The summed E-state index contributed by atoms with van der Waals surface area (Å²) in [6.45, 7) is 4.50. The van der Waals surface area contributed by atoms with Crippen molar-refractivity contribution in [3.63, 3.8) is 0 Å². The van der Waals surface area contributed by atoms with E-state index in [1.54, 1.807) is 12.1 Å². The lowest BCUT2D eigenvalue weighted by atomic mass is 10.2. The molecule has 0 unspecified atom stereocenters. The molecule has 1 heterocycles.